The van der Waals surface area contributed by atoms with E-state index in [2.05, 4.69) is 20.3 Å². The van der Waals surface area contributed by atoms with Crippen LogP contribution in [0.2, 0.25) is 0 Å². The van der Waals surface area contributed by atoms with Gasteiger partial charge in [0, 0.05) is 15.7 Å². The maximum Gasteiger partial charge on any atom is 0.312 e. The molecule has 6 nitrogen and oxygen atoms in total. The largest absolute Gasteiger partial charge is 0.460 e. The molecule has 30 heavy (non-hydrogen) atoms. The number of ether oxygens (including phenoxy) is 1. The molecule has 1 aromatic carbocycles. The number of carbonyl (C=O) groups is 1. The summed E-state index contributed by atoms with van der Waals surface area (Å²) < 4.78 is 38.1. The Hall–Kier alpha value is -1.32. The van der Waals surface area contributed by atoms with Crippen molar-refractivity contribution >= 4 is 37.3 Å². The summed E-state index contributed by atoms with van der Waals surface area (Å²) in [5.41, 5.74) is -1.27. The van der Waals surface area contributed by atoms with Gasteiger partial charge < -0.3 is 9.84 Å². The van der Waals surface area contributed by atoms with Crippen molar-refractivity contribution in [2.45, 2.75) is 63.9 Å². The summed E-state index contributed by atoms with van der Waals surface area (Å²) in [7, 11) is -3.01. The number of aliphatic hydroxyl groups excluding tert-OH is 1. The molecule has 0 aliphatic carbocycles. The first kappa shape index (κ1) is 24.9. The van der Waals surface area contributed by atoms with Gasteiger partial charge in [-0.2, -0.15) is 0 Å². The zero-order valence-electron chi connectivity index (χ0n) is 18.3. The van der Waals surface area contributed by atoms with Crippen molar-refractivity contribution in [2.24, 2.45) is 9.36 Å². The van der Waals surface area contributed by atoms with Crippen LogP contribution in [0.25, 0.3) is 0 Å². The van der Waals surface area contributed by atoms with Gasteiger partial charge in [-0.05, 0) is 59.7 Å². The van der Waals surface area contributed by atoms with Gasteiger partial charge in [0.15, 0.2) is 0 Å². The minimum atomic E-state index is -3.01. The fourth-order valence-corrected chi connectivity index (χ4v) is 6.40. The van der Waals surface area contributed by atoms with Gasteiger partial charge in [0.05, 0.1) is 45.3 Å². The van der Waals surface area contributed by atoms with Gasteiger partial charge in [-0.3, -0.25) is 9.79 Å². The number of hydrogen-bond acceptors (Lipinski definition) is 6. The van der Waals surface area contributed by atoms with Gasteiger partial charge in [0.1, 0.15) is 11.4 Å². The van der Waals surface area contributed by atoms with Gasteiger partial charge in [-0.15, -0.1) is 0 Å². The molecule has 1 heterocycles. The normalized spacial score (nSPS) is 26.1. The van der Waals surface area contributed by atoms with Gasteiger partial charge in [-0.25, -0.2) is 13.0 Å². The zero-order valence-corrected chi connectivity index (χ0v) is 20.7. The minimum Gasteiger partial charge on any atom is -0.460 e. The summed E-state index contributed by atoms with van der Waals surface area (Å²) in [6.07, 6.45) is -0.179. The van der Waals surface area contributed by atoms with Crippen molar-refractivity contribution in [3.63, 3.8) is 0 Å². The van der Waals surface area contributed by atoms with Gasteiger partial charge >= 0.3 is 5.97 Å². The molecule has 1 N–H and O–H groups in total. The number of nitrogens with zero attached hydrogens (tertiary/aromatic N) is 2. The molecule has 0 bridgehead atoms. The molecule has 0 aromatic heterocycles. The average molecular weight is 505 g/mol. The Labute approximate surface area is 186 Å². The van der Waals surface area contributed by atoms with Crippen LogP contribution in [0.15, 0.2) is 32.0 Å². The van der Waals surface area contributed by atoms with Crippen LogP contribution in [0.5, 0.6) is 0 Å². The fraction of sp³-hybridized carbons (Fsp3) is 0.619. The highest BCUT2D eigenvalue weighted by molar-refractivity contribution is 9.10. The molecule has 0 fully saturated rings. The van der Waals surface area contributed by atoms with E-state index in [0.717, 1.165) is 0 Å². The molecule has 2 atom stereocenters. The molecule has 0 saturated carbocycles. The first-order chi connectivity index (χ1) is 13.6. The second kappa shape index (κ2) is 8.67. The quantitative estimate of drug-likeness (QED) is 0.607. The standard InChI is InChI=1S/C21H30BrFN2O4S/c1-19(2,3)29-18(27)12-17-20(4,5)30(28,24-9-10-26)13-21(6,25-17)15-11-14(22)7-8-16(15)23/h7-8,11,26H,9-10,12-13H2,1-6H3/t21-,30-/m0/s1. The molecule has 1 aliphatic rings. The lowest BCUT2D eigenvalue weighted by Crippen LogP contribution is -2.52. The van der Waals surface area contributed by atoms with E-state index in [4.69, 9.17) is 9.73 Å². The summed E-state index contributed by atoms with van der Waals surface area (Å²) in [5.74, 6) is -1.01. The number of aliphatic imine (C=N–C) groups is 1. The number of benzene rings is 1. The van der Waals surface area contributed by atoms with Crippen LogP contribution >= 0.6 is 15.9 Å². The Morgan fingerprint density at radius 3 is 2.57 bits per heavy atom. The lowest BCUT2D eigenvalue weighted by atomic mass is 9.92. The van der Waals surface area contributed by atoms with Crippen LogP contribution in [0, 0.1) is 5.82 Å². The summed E-state index contributed by atoms with van der Waals surface area (Å²) in [4.78, 5) is 17.3. The number of rotatable bonds is 5. The molecule has 0 unspecified atom stereocenters. The number of esters is 1. The first-order valence-corrected chi connectivity index (χ1v) is 12.2. The highest BCUT2D eigenvalue weighted by atomic mass is 79.9. The van der Waals surface area contributed by atoms with Crippen molar-refractivity contribution in [2.75, 3.05) is 18.9 Å². The molecular formula is C21H30BrFN2O4S. The summed E-state index contributed by atoms with van der Waals surface area (Å²) in [6.45, 7) is 10.1. The third-order valence-corrected chi connectivity index (χ3v) is 8.87. The molecule has 1 aromatic rings. The smallest absolute Gasteiger partial charge is 0.312 e. The lowest BCUT2D eigenvalue weighted by Gasteiger charge is -2.42. The first-order valence-electron chi connectivity index (χ1n) is 9.71. The molecule has 1 aliphatic heterocycles. The summed E-state index contributed by atoms with van der Waals surface area (Å²) >= 11 is 3.35. The predicted octanol–water partition coefficient (Wildman–Crippen LogP) is 4.23. The van der Waals surface area contributed by atoms with Crippen LogP contribution in [0.3, 0.4) is 0 Å². The number of carbonyl (C=O) groups excluding carboxylic acids is 1. The predicted molar refractivity (Wildman–Crippen MR) is 121 cm³/mol. The zero-order chi connectivity index (χ0) is 23.0. The molecular weight excluding hydrogens is 475 g/mol. The van der Waals surface area contributed by atoms with Crippen molar-refractivity contribution in [3.05, 3.63) is 34.1 Å². The Morgan fingerprint density at radius 2 is 2.00 bits per heavy atom. The molecule has 9 heteroatoms. The van der Waals surface area contributed by atoms with Crippen molar-refractivity contribution < 1.29 is 23.2 Å². The van der Waals surface area contributed by atoms with Crippen LogP contribution < -0.4 is 0 Å². The number of aliphatic hydroxyl groups is 1. The van der Waals surface area contributed by atoms with E-state index >= 15 is 0 Å². The van der Waals surface area contributed by atoms with E-state index in [-0.39, 0.29) is 30.9 Å². The molecule has 0 amide bonds. The third-order valence-electron chi connectivity index (χ3n) is 4.99. The Balaban J connectivity index is 2.67. The van der Waals surface area contributed by atoms with E-state index in [1.807, 2.05) is 0 Å². The van der Waals surface area contributed by atoms with Crippen LogP contribution in [-0.2, 0) is 24.8 Å². The Kier molecular flexibility index (Phi) is 7.21. The van der Waals surface area contributed by atoms with Gasteiger partial charge in [0.2, 0.25) is 0 Å². The number of hydrogen-bond donors (Lipinski definition) is 1. The van der Waals surface area contributed by atoms with Crippen molar-refractivity contribution in [1.82, 2.24) is 0 Å². The van der Waals surface area contributed by atoms with E-state index in [9.17, 15) is 18.5 Å². The highest BCUT2D eigenvalue weighted by Crippen LogP contribution is 2.41. The molecule has 168 valence electrons. The van der Waals surface area contributed by atoms with Gasteiger partial charge in [-0.1, -0.05) is 15.9 Å². The van der Waals surface area contributed by atoms with Crippen molar-refractivity contribution in [1.29, 1.82) is 0 Å². The van der Waals surface area contributed by atoms with E-state index in [1.165, 1.54) is 6.07 Å². The van der Waals surface area contributed by atoms with Crippen molar-refractivity contribution in [3.8, 4) is 0 Å². The monoisotopic (exact) mass is 504 g/mol. The Bertz CT molecular complexity index is 978. The molecule has 0 radical (unpaired) electrons. The molecule has 0 saturated heterocycles. The van der Waals surface area contributed by atoms with E-state index in [1.54, 1.807) is 53.7 Å². The minimum absolute atomic E-state index is 0.0149. The maximum absolute atomic E-state index is 14.8. The molecule has 0 spiro atoms. The second-order valence-corrected chi connectivity index (χ2v) is 12.9. The highest BCUT2D eigenvalue weighted by Gasteiger charge is 2.49. The SMILES string of the molecule is CC(C)(C)OC(=O)CC1=N[C@](C)(c2cc(Br)ccc2F)C[S@@](=O)(=NCCO)C1(C)C. The molecule has 2 rings (SSSR count). The summed E-state index contributed by atoms with van der Waals surface area (Å²) in [6, 6.07) is 4.50. The lowest BCUT2D eigenvalue weighted by molar-refractivity contribution is -0.153. The average Bonchev–Trinajstić information content (AvgIpc) is 2.58. The van der Waals surface area contributed by atoms with Crippen LogP contribution in [-0.4, -0.2) is 50.2 Å². The summed E-state index contributed by atoms with van der Waals surface area (Å²) in [5, 5.41) is 9.26. The van der Waals surface area contributed by atoms with Crippen LogP contribution in [0.4, 0.5) is 4.39 Å². The number of halogens is 2. The second-order valence-electron chi connectivity index (χ2n) is 9.09. The van der Waals surface area contributed by atoms with E-state index < -0.39 is 37.4 Å². The van der Waals surface area contributed by atoms with Gasteiger partial charge in [0.25, 0.3) is 0 Å². The Morgan fingerprint density at radius 1 is 1.37 bits per heavy atom. The fourth-order valence-electron chi connectivity index (χ4n) is 3.42. The maximum atomic E-state index is 14.8. The van der Waals surface area contributed by atoms with E-state index in [0.29, 0.717) is 10.2 Å². The topological polar surface area (TPSA) is 88.3 Å². The third kappa shape index (κ3) is 5.29. The van der Waals surface area contributed by atoms with Crippen LogP contribution in [0.1, 0.15) is 53.5 Å².